The minimum atomic E-state index is -3.87. The summed E-state index contributed by atoms with van der Waals surface area (Å²) in [5.41, 5.74) is 0.362. The van der Waals surface area contributed by atoms with Crippen molar-refractivity contribution in [1.29, 1.82) is 0 Å². The molecule has 0 atom stereocenters. The molecule has 1 saturated heterocycles. The van der Waals surface area contributed by atoms with Crippen LogP contribution in [-0.2, 0) is 24.8 Å². The smallest absolute Gasteiger partial charge is 0.261 e. The standard InChI is InChI=1S/C24H24ClN3O7S2/c1-34-23-10-8-19(37(32,33)28-11-13-35-14-12-28)16-22(23)26-24(29)17-7-9-21(20(25)15-17)27-36(30,31)18-5-3-2-4-6-18/h2-10,15-16,27H,11-14H2,1H3,(H,26,29). The van der Waals surface area contributed by atoms with Gasteiger partial charge in [0, 0.05) is 18.7 Å². The van der Waals surface area contributed by atoms with E-state index in [2.05, 4.69) is 10.0 Å². The molecule has 196 valence electrons. The molecule has 1 amide bonds. The summed E-state index contributed by atoms with van der Waals surface area (Å²) in [4.78, 5) is 13.0. The molecule has 0 aliphatic carbocycles. The van der Waals surface area contributed by atoms with Gasteiger partial charge in [0.15, 0.2) is 0 Å². The number of amides is 1. The minimum Gasteiger partial charge on any atom is -0.495 e. The van der Waals surface area contributed by atoms with E-state index >= 15 is 0 Å². The Bertz CT molecular complexity index is 1510. The number of carbonyl (C=O) groups excluding carboxylic acids is 1. The van der Waals surface area contributed by atoms with Crippen molar-refractivity contribution in [2.24, 2.45) is 0 Å². The van der Waals surface area contributed by atoms with Crippen LogP contribution in [0.5, 0.6) is 5.75 Å². The monoisotopic (exact) mass is 565 g/mol. The van der Waals surface area contributed by atoms with Crippen LogP contribution in [0.3, 0.4) is 0 Å². The van der Waals surface area contributed by atoms with Crippen molar-refractivity contribution in [2.45, 2.75) is 9.79 Å². The Morgan fingerprint density at radius 3 is 2.27 bits per heavy atom. The number of nitrogens with zero attached hydrogens (tertiary/aromatic N) is 1. The second-order valence-electron chi connectivity index (χ2n) is 7.95. The molecule has 0 aromatic heterocycles. The average Bonchev–Trinajstić information content (AvgIpc) is 2.90. The van der Waals surface area contributed by atoms with E-state index in [1.54, 1.807) is 18.2 Å². The predicted octanol–water partition coefficient (Wildman–Crippen LogP) is 3.42. The van der Waals surface area contributed by atoms with E-state index in [0.717, 1.165) is 0 Å². The highest BCUT2D eigenvalue weighted by Gasteiger charge is 2.27. The summed E-state index contributed by atoms with van der Waals surface area (Å²) in [5, 5.41) is 2.65. The first-order valence-electron chi connectivity index (χ1n) is 11.1. The summed E-state index contributed by atoms with van der Waals surface area (Å²) < 4.78 is 65.5. The van der Waals surface area contributed by atoms with Gasteiger partial charge in [-0.1, -0.05) is 29.8 Å². The number of benzene rings is 3. The number of hydrogen-bond acceptors (Lipinski definition) is 7. The molecule has 2 N–H and O–H groups in total. The van der Waals surface area contributed by atoms with E-state index in [1.807, 2.05) is 0 Å². The maximum absolute atomic E-state index is 13.0. The van der Waals surface area contributed by atoms with Crippen LogP contribution in [0.15, 0.2) is 76.5 Å². The van der Waals surface area contributed by atoms with Gasteiger partial charge >= 0.3 is 0 Å². The van der Waals surface area contributed by atoms with Crippen molar-refractivity contribution in [1.82, 2.24) is 4.31 Å². The molecule has 4 rings (SSSR count). The third kappa shape index (κ3) is 6.05. The molecular weight excluding hydrogens is 542 g/mol. The fourth-order valence-electron chi connectivity index (χ4n) is 3.62. The van der Waals surface area contributed by atoms with E-state index in [9.17, 15) is 21.6 Å². The van der Waals surface area contributed by atoms with E-state index in [4.69, 9.17) is 21.1 Å². The topological polar surface area (TPSA) is 131 Å². The predicted molar refractivity (Wildman–Crippen MR) is 139 cm³/mol. The van der Waals surface area contributed by atoms with Crippen molar-refractivity contribution in [3.63, 3.8) is 0 Å². The maximum Gasteiger partial charge on any atom is 0.261 e. The molecular formula is C24H24ClN3O7S2. The summed E-state index contributed by atoms with van der Waals surface area (Å²) >= 11 is 6.27. The molecule has 1 heterocycles. The molecule has 3 aromatic carbocycles. The van der Waals surface area contributed by atoms with E-state index in [0.29, 0.717) is 13.2 Å². The van der Waals surface area contributed by atoms with Crippen LogP contribution in [0, 0.1) is 0 Å². The van der Waals surface area contributed by atoms with Crippen LogP contribution in [0.4, 0.5) is 11.4 Å². The second kappa shape index (κ2) is 11.1. The fourth-order valence-corrected chi connectivity index (χ4v) is 6.44. The highest BCUT2D eigenvalue weighted by Crippen LogP contribution is 2.31. The first-order valence-corrected chi connectivity index (χ1v) is 14.4. The molecule has 0 spiro atoms. The second-order valence-corrected chi connectivity index (χ2v) is 12.0. The van der Waals surface area contributed by atoms with Gasteiger partial charge in [0.2, 0.25) is 10.0 Å². The van der Waals surface area contributed by atoms with Gasteiger partial charge in [0.1, 0.15) is 5.75 Å². The lowest BCUT2D eigenvalue weighted by Gasteiger charge is -2.26. The molecule has 3 aromatic rings. The molecule has 1 aliphatic heterocycles. The summed E-state index contributed by atoms with van der Waals surface area (Å²) in [6, 6.07) is 16.0. The van der Waals surface area contributed by atoms with E-state index in [-0.39, 0.29) is 50.6 Å². The maximum atomic E-state index is 13.0. The largest absolute Gasteiger partial charge is 0.495 e. The Labute approximate surface area is 220 Å². The number of ether oxygens (including phenoxy) is 2. The lowest BCUT2D eigenvalue weighted by Crippen LogP contribution is -2.40. The summed E-state index contributed by atoms with van der Waals surface area (Å²) in [6.45, 7) is 1.07. The van der Waals surface area contributed by atoms with Crippen LogP contribution in [0.1, 0.15) is 10.4 Å². The first kappa shape index (κ1) is 26.9. The number of rotatable bonds is 8. The van der Waals surface area contributed by atoms with Gasteiger partial charge in [0.05, 0.1) is 46.5 Å². The zero-order chi connectivity index (χ0) is 26.6. The number of nitrogens with one attached hydrogen (secondary N) is 2. The third-order valence-corrected chi connectivity index (χ3v) is 9.14. The fraction of sp³-hybridized carbons (Fsp3) is 0.208. The number of hydrogen-bond donors (Lipinski definition) is 2. The molecule has 0 bridgehead atoms. The van der Waals surface area contributed by atoms with Crippen molar-refractivity contribution < 1.29 is 31.1 Å². The van der Waals surface area contributed by atoms with Gasteiger partial charge in [-0.2, -0.15) is 4.31 Å². The molecule has 13 heteroatoms. The molecule has 1 fully saturated rings. The summed E-state index contributed by atoms with van der Waals surface area (Å²) in [7, 11) is -6.28. The Morgan fingerprint density at radius 1 is 0.919 bits per heavy atom. The van der Waals surface area contributed by atoms with E-state index in [1.165, 1.54) is 59.9 Å². The number of halogens is 1. The van der Waals surface area contributed by atoms with Crippen molar-refractivity contribution >= 4 is 48.9 Å². The van der Waals surface area contributed by atoms with Crippen LogP contribution < -0.4 is 14.8 Å². The normalized spacial score (nSPS) is 14.6. The van der Waals surface area contributed by atoms with Crippen molar-refractivity contribution in [2.75, 3.05) is 43.5 Å². The number of anilines is 2. The Hall–Kier alpha value is -3.16. The van der Waals surface area contributed by atoms with Gasteiger partial charge in [-0.15, -0.1) is 0 Å². The zero-order valence-corrected chi connectivity index (χ0v) is 22.1. The Morgan fingerprint density at radius 2 is 1.62 bits per heavy atom. The van der Waals surface area contributed by atoms with Gasteiger partial charge in [-0.3, -0.25) is 9.52 Å². The molecule has 0 saturated carbocycles. The van der Waals surface area contributed by atoms with Gasteiger partial charge < -0.3 is 14.8 Å². The average molecular weight is 566 g/mol. The minimum absolute atomic E-state index is 0.00256. The number of morpholine rings is 1. The highest BCUT2D eigenvalue weighted by molar-refractivity contribution is 7.92. The van der Waals surface area contributed by atoms with Crippen molar-refractivity contribution in [3.8, 4) is 5.75 Å². The first-order chi connectivity index (χ1) is 17.6. The summed E-state index contributed by atoms with van der Waals surface area (Å²) in [5.74, 6) is -0.341. The van der Waals surface area contributed by atoms with Crippen LogP contribution in [-0.4, -0.2) is 60.5 Å². The molecule has 10 nitrogen and oxygen atoms in total. The number of sulfonamides is 2. The van der Waals surface area contributed by atoms with Crippen LogP contribution in [0.2, 0.25) is 5.02 Å². The molecule has 0 unspecified atom stereocenters. The Balaban J connectivity index is 1.55. The molecule has 1 aliphatic rings. The number of carbonyl (C=O) groups is 1. The van der Waals surface area contributed by atoms with Crippen molar-refractivity contribution in [3.05, 3.63) is 77.3 Å². The van der Waals surface area contributed by atoms with Crippen LogP contribution >= 0.6 is 11.6 Å². The van der Waals surface area contributed by atoms with Gasteiger partial charge in [0.25, 0.3) is 15.9 Å². The lowest BCUT2D eigenvalue weighted by atomic mass is 10.2. The Kier molecular flexibility index (Phi) is 8.05. The van der Waals surface area contributed by atoms with Gasteiger partial charge in [-0.05, 0) is 48.5 Å². The molecule has 37 heavy (non-hydrogen) atoms. The quantitative estimate of drug-likeness (QED) is 0.428. The van der Waals surface area contributed by atoms with Gasteiger partial charge in [-0.25, -0.2) is 16.8 Å². The SMILES string of the molecule is COc1ccc(S(=O)(=O)N2CCOCC2)cc1NC(=O)c1ccc(NS(=O)(=O)c2ccccc2)c(Cl)c1. The summed E-state index contributed by atoms with van der Waals surface area (Å²) in [6.07, 6.45) is 0. The third-order valence-electron chi connectivity index (χ3n) is 5.56. The molecule has 0 radical (unpaired) electrons. The number of methoxy groups -OCH3 is 1. The lowest BCUT2D eigenvalue weighted by molar-refractivity contribution is 0.0730. The highest BCUT2D eigenvalue weighted by atomic mass is 35.5. The van der Waals surface area contributed by atoms with E-state index < -0.39 is 26.0 Å². The van der Waals surface area contributed by atoms with Crippen LogP contribution in [0.25, 0.3) is 0 Å². The zero-order valence-electron chi connectivity index (χ0n) is 19.7.